The summed E-state index contributed by atoms with van der Waals surface area (Å²) in [6.45, 7) is 7.21. The van der Waals surface area contributed by atoms with Gasteiger partial charge in [-0.3, -0.25) is 9.78 Å². The molecule has 1 saturated heterocycles. The van der Waals surface area contributed by atoms with Gasteiger partial charge in [0.2, 0.25) is 0 Å². The van der Waals surface area contributed by atoms with Gasteiger partial charge in [-0.05, 0) is 37.5 Å². The van der Waals surface area contributed by atoms with Crippen LogP contribution in [0.5, 0.6) is 0 Å². The first-order valence-corrected chi connectivity index (χ1v) is 8.76. The van der Waals surface area contributed by atoms with E-state index in [4.69, 9.17) is 4.74 Å². The van der Waals surface area contributed by atoms with Gasteiger partial charge in [0.15, 0.2) is 0 Å². The third kappa shape index (κ3) is 4.57. The van der Waals surface area contributed by atoms with Gasteiger partial charge in [-0.2, -0.15) is 0 Å². The van der Waals surface area contributed by atoms with E-state index >= 15 is 0 Å². The molecule has 1 aliphatic heterocycles. The first-order valence-electron chi connectivity index (χ1n) is 8.76. The summed E-state index contributed by atoms with van der Waals surface area (Å²) in [6, 6.07) is 10.2. The maximum Gasteiger partial charge on any atom is 0.253 e. The molecule has 0 spiro atoms. The Morgan fingerprint density at radius 1 is 1.28 bits per heavy atom. The summed E-state index contributed by atoms with van der Waals surface area (Å²) in [5, 5.41) is 3.08. The van der Waals surface area contributed by atoms with Gasteiger partial charge in [0, 0.05) is 25.3 Å². The quantitative estimate of drug-likeness (QED) is 0.910. The fraction of sp³-hybridized carbons (Fsp3) is 0.400. The van der Waals surface area contributed by atoms with Gasteiger partial charge in [0.25, 0.3) is 5.91 Å². The number of ether oxygens (including phenoxy) is 1. The molecule has 0 aliphatic carbocycles. The van der Waals surface area contributed by atoms with Crippen molar-refractivity contribution in [3.8, 4) is 0 Å². The fourth-order valence-corrected chi connectivity index (χ4v) is 3.07. The highest BCUT2D eigenvalue weighted by Crippen LogP contribution is 2.16. The number of pyridine rings is 1. The fourth-order valence-electron chi connectivity index (χ4n) is 3.07. The van der Waals surface area contributed by atoms with E-state index < -0.39 is 0 Å². The highest BCUT2D eigenvalue weighted by molar-refractivity contribution is 5.94. The molecule has 1 atom stereocenters. The van der Waals surface area contributed by atoms with Crippen LogP contribution in [0, 0.1) is 6.92 Å². The molecule has 0 radical (unpaired) electrons. The summed E-state index contributed by atoms with van der Waals surface area (Å²) in [5.74, 6) is -0.0799. The summed E-state index contributed by atoms with van der Waals surface area (Å²) < 4.78 is 5.38. The number of aromatic nitrogens is 1. The van der Waals surface area contributed by atoms with Crippen LogP contribution in [0.2, 0.25) is 0 Å². The number of morpholine rings is 1. The Morgan fingerprint density at radius 3 is 2.80 bits per heavy atom. The number of benzene rings is 1. The minimum Gasteiger partial charge on any atom is -0.378 e. The van der Waals surface area contributed by atoms with Crippen LogP contribution in [0.25, 0.3) is 0 Å². The van der Waals surface area contributed by atoms with E-state index in [2.05, 4.69) is 34.3 Å². The Kier molecular flexibility index (Phi) is 5.66. The average Bonchev–Trinajstić information content (AvgIpc) is 2.64. The summed E-state index contributed by atoms with van der Waals surface area (Å²) in [7, 11) is 0. The number of aryl methyl sites for hydroxylation is 1. The molecular weight excluding hydrogens is 314 g/mol. The van der Waals surface area contributed by atoms with Crippen molar-refractivity contribution in [3.05, 3.63) is 59.4 Å². The van der Waals surface area contributed by atoms with Crippen molar-refractivity contribution in [1.29, 1.82) is 0 Å². The van der Waals surface area contributed by atoms with Crippen molar-refractivity contribution in [2.75, 3.05) is 31.2 Å². The molecule has 132 valence electrons. The standard InChI is InChI=1S/C20H25N3O2/c1-15-5-3-4-6-17(15)11-16(2)22-20(24)18-12-19(14-21-13-18)23-7-9-25-10-8-23/h3-6,12-14,16H,7-11H2,1-2H3,(H,22,24)/t16-/m0/s1. The Labute approximate surface area is 149 Å². The lowest BCUT2D eigenvalue weighted by atomic mass is 10.0. The average molecular weight is 339 g/mol. The molecule has 1 fully saturated rings. The summed E-state index contributed by atoms with van der Waals surface area (Å²) >= 11 is 0. The van der Waals surface area contributed by atoms with Crippen LogP contribution in [-0.2, 0) is 11.2 Å². The Balaban J connectivity index is 1.63. The molecule has 1 aromatic heterocycles. The lowest BCUT2D eigenvalue weighted by molar-refractivity contribution is 0.0939. The molecule has 2 aromatic rings. The highest BCUT2D eigenvalue weighted by atomic mass is 16.5. The van der Waals surface area contributed by atoms with Crippen molar-refractivity contribution in [2.24, 2.45) is 0 Å². The number of amides is 1. The molecule has 5 heteroatoms. The largest absolute Gasteiger partial charge is 0.378 e. The predicted molar refractivity (Wildman–Crippen MR) is 99.1 cm³/mol. The van der Waals surface area contributed by atoms with Gasteiger partial charge < -0.3 is 15.0 Å². The lowest BCUT2D eigenvalue weighted by Crippen LogP contribution is -2.37. The van der Waals surface area contributed by atoms with Gasteiger partial charge in [-0.1, -0.05) is 24.3 Å². The van der Waals surface area contributed by atoms with E-state index in [0.717, 1.165) is 25.2 Å². The van der Waals surface area contributed by atoms with Crippen LogP contribution in [0.15, 0.2) is 42.7 Å². The Morgan fingerprint density at radius 2 is 2.04 bits per heavy atom. The van der Waals surface area contributed by atoms with E-state index in [-0.39, 0.29) is 11.9 Å². The molecule has 0 bridgehead atoms. The predicted octanol–water partition coefficient (Wildman–Crippen LogP) is 2.59. The van der Waals surface area contributed by atoms with E-state index in [0.29, 0.717) is 18.8 Å². The topological polar surface area (TPSA) is 54.5 Å². The maximum atomic E-state index is 12.6. The number of carbonyl (C=O) groups excluding carboxylic acids is 1. The van der Waals surface area contributed by atoms with Crippen LogP contribution in [0.1, 0.15) is 28.4 Å². The van der Waals surface area contributed by atoms with Gasteiger partial charge in [-0.25, -0.2) is 0 Å². The van der Waals surface area contributed by atoms with Crippen molar-refractivity contribution in [2.45, 2.75) is 26.3 Å². The summed E-state index contributed by atoms with van der Waals surface area (Å²) in [6.07, 6.45) is 4.24. The molecule has 1 amide bonds. The number of rotatable bonds is 5. The number of hydrogen-bond acceptors (Lipinski definition) is 4. The molecule has 5 nitrogen and oxygen atoms in total. The Bertz CT molecular complexity index is 726. The summed E-state index contributed by atoms with van der Waals surface area (Å²) in [4.78, 5) is 19.0. The van der Waals surface area contributed by atoms with E-state index in [1.807, 2.05) is 25.1 Å². The van der Waals surface area contributed by atoms with E-state index in [1.165, 1.54) is 11.1 Å². The van der Waals surface area contributed by atoms with Crippen LogP contribution in [0.4, 0.5) is 5.69 Å². The minimum absolute atomic E-state index is 0.0562. The van der Waals surface area contributed by atoms with Crippen LogP contribution >= 0.6 is 0 Å². The number of nitrogens with one attached hydrogen (secondary N) is 1. The molecule has 1 aliphatic rings. The van der Waals surface area contributed by atoms with Crippen LogP contribution < -0.4 is 10.2 Å². The van der Waals surface area contributed by atoms with Gasteiger partial charge in [0.1, 0.15) is 0 Å². The first-order chi connectivity index (χ1) is 12.1. The molecule has 0 saturated carbocycles. The van der Waals surface area contributed by atoms with Crippen molar-refractivity contribution in [3.63, 3.8) is 0 Å². The van der Waals surface area contributed by atoms with Crippen LogP contribution in [0.3, 0.4) is 0 Å². The van der Waals surface area contributed by atoms with Gasteiger partial charge >= 0.3 is 0 Å². The SMILES string of the molecule is Cc1ccccc1C[C@H](C)NC(=O)c1cncc(N2CCOCC2)c1. The zero-order valence-electron chi connectivity index (χ0n) is 14.9. The van der Waals surface area contributed by atoms with Crippen molar-refractivity contribution < 1.29 is 9.53 Å². The lowest BCUT2D eigenvalue weighted by Gasteiger charge is -2.28. The second-order valence-corrected chi connectivity index (χ2v) is 6.54. The normalized spacial score (nSPS) is 15.7. The zero-order valence-corrected chi connectivity index (χ0v) is 14.9. The number of nitrogens with zero attached hydrogens (tertiary/aromatic N) is 2. The molecular formula is C20H25N3O2. The second kappa shape index (κ2) is 8.12. The van der Waals surface area contributed by atoms with Crippen molar-refractivity contribution >= 4 is 11.6 Å². The molecule has 3 rings (SSSR count). The monoisotopic (exact) mass is 339 g/mol. The molecule has 25 heavy (non-hydrogen) atoms. The highest BCUT2D eigenvalue weighted by Gasteiger charge is 2.15. The van der Waals surface area contributed by atoms with E-state index in [1.54, 1.807) is 12.4 Å². The molecule has 1 aromatic carbocycles. The maximum absolute atomic E-state index is 12.6. The third-order valence-electron chi connectivity index (χ3n) is 4.53. The number of anilines is 1. The number of hydrogen-bond donors (Lipinski definition) is 1. The molecule has 0 unspecified atom stereocenters. The third-order valence-corrected chi connectivity index (χ3v) is 4.53. The van der Waals surface area contributed by atoms with Crippen molar-refractivity contribution in [1.82, 2.24) is 10.3 Å². The summed E-state index contributed by atoms with van der Waals surface area (Å²) in [5.41, 5.74) is 4.08. The van der Waals surface area contributed by atoms with Crippen LogP contribution in [-0.4, -0.2) is 43.2 Å². The molecule has 1 N–H and O–H groups in total. The van der Waals surface area contributed by atoms with Gasteiger partial charge in [-0.15, -0.1) is 0 Å². The molecule has 2 heterocycles. The number of carbonyl (C=O) groups is 1. The minimum atomic E-state index is -0.0799. The van der Waals surface area contributed by atoms with E-state index in [9.17, 15) is 4.79 Å². The smallest absolute Gasteiger partial charge is 0.253 e. The zero-order chi connectivity index (χ0) is 17.6. The Hall–Kier alpha value is -2.40. The second-order valence-electron chi connectivity index (χ2n) is 6.54. The first kappa shape index (κ1) is 17.4. The van der Waals surface area contributed by atoms with Gasteiger partial charge in [0.05, 0.1) is 30.7 Å².